The van der Waals surface area contributed by atoms with E-state index in [0.29, 0.717) is 22.8 Å². The third kappa shape index (κ3) is 4.57. The zero-order chi connectivity index (χ0) is 19.2. The van der Waals surface area contributed by atoms with Crippen LogP contribution in [0.2, 0.25) is 0 Å². The quantitative estimate of drug-likeness (QED) is 0.399. The van der Waals surface area contributed by atoms with Gasteiger partial charge in [0.1, 0.15) is 11.5 Å². The molecule has 3 aromatic rings. The van der Waals surface area contributed by atoms with Crippen LogP contribution in [0.1, 0.15) is 11.3 Å². The molecule has 27 heavy (non-hydrogen) atoms. The highest BCUT2D eigenvalue weighted by Gasteiger charge is 2.18. The van der Waals surface area contributed by atoms with Gasteiger partial charge in [-0.05, 0) is 42.8 Å². The molecule has 2 amide bonds. The van der Waals surface area contributed by atoms with E-state index in [2.05, 4.69) is 15.8 Å². The third-order valence-corrected chi connectivity index (χ3v) is 3.63. The number of carbonyl (C=O) groups is 1. The first kappa shape index (κ1) is 17.9. The van der Waals surface area contributed by atoms with E-state index >= 15 is 0 Å². The highest BCUT2D eigenvalue weighted by atomic mass is 16.6. The summed E-state index contributed by atoms with van der Waals surface area (Å²) in [6.45, 7) is 1.78. The molecular weight excluding hydrogens is 348 g/mol. The van der Waals surface area contributed by atoms with Crippen molar-refractivity contribution in [1.29, 1.82) is 0 Å². The van der Waals surface area contributed by atoms with E-state index in [9.17, 15) is 14.9 Å². The fourth-order valence-corrected chi connectivity index (χ4v) is 2.40. The van der Waals surface area contributed by atoms with Crippen LogP contribution in [0.15, 0.2) is 70.2 Å². The van der Waals surface area contributed by atoms with Crippen LogP contribution in [0.25, 0.3) is 11.3 Å². The Kier molecular flexibility index (Phi) is 5.27. The number of para-hydroxylation sites is 1. The molecule has 0 aliphatic carbocycles. The lowest BCUT2D eigenvalue weighted by molar-refractivity contribution is -0.384. The molecule has 2 N–H and O–H groups in total. The number of hydrogen-bond acceptors (Lipinski definition) is 5. The van der Waals surface area contributed by atoms with Crippen LogP contribution in [0, 0.1) is 17.0 Å². The monoisotopic (exact) mass is 364 g/mol. The first-order valence-corrected chi connectivity index (χ1v) is 8.03. The SMILES string of the molecule is Cc1ccc(-c2ccc(/C=N\NC(=O)Nc3ccccc3)o2)c([N+](=O)[O-])c1. The van der Waals surface area contributed by atoms with Crippen molar-refractivity contribution in [2.75, 3.05) is 5.32 Å². The molecule has 8 nitrogen and oxygen atoms in total. The van der Waals surface area contributed by atoms with E-state index in [1.807, 2.05) is 6.07 Å². The Hall–Kier alpha value is -3.94. The van der Waals surface area contributed by atoms with E-state index in [1.165, 1.54) is 12.3 Å². The molecule has 3 rings (SSSR count). The Labute approximate surface area is 154 Å². The van der Waals surface area contributed by atoms with Gasteiger partial charge in [-0.1, -0.05) is 24.3 Å². The maximum atomic E-state index is 11.7. The van der Waals surface area contributed by atoms with Gasteiger partial charge >= 0.3 is 6.03 Å². The molecule has 0 saturated carbocycles. The van der Waals surface area contributed by atoms with Gasteiger partial charge in [0.15, 0.2) is 0 Å². The Morgan fingerprint density at radius 3 is 2.67 bits per heavy atom. The summed E-state index contributed by atoms with van der Waals surface area (Å²) in [4.78, 5) is 22.5. The second kappa shape index (κ2) is 7.96. The minimum absolute atomic E-state index is 0.0341. The van der Waals surface area contributed by atoms with Crippen LogP contribution < -0.4 is 10.7 Å². The van der Waals surface area contributed by atoms with Crippen LogP contribution in [0.4, 0.5) is 16.2 Å². The lowest BCUT2D eigenvalue weighted by Crippen LogP contribution is -2.24. The molecule has 0 fully saturated rings. The van der Waals surface area contributed by atoms with Crippen LogP contribution >= 0.6 is 0 Å². The smallest absolute Gasteiger partial charge is 0.339 e. The van der Waals surface area contributed by atoms with E-state index in [0.717, 1.165) is 5.56 Å². The predicted octanol–water partition coefficient (Wildman–Crippen LogP) is 4.32. The summed E-state index contributed by atoms with van der Waals surface area (Å²) in [7, 11) is 0. The summed E-state index contributed by atoms with van der Waals surface area (Å²) in [5.74, 6) is 0.691. The first-order chi connectivity index (χ1) is 13.0. The molecule has 0 unspecified atom stereocenters. The average molecular weight is 364 g/mol. The highest BCUT2D eigenvalue weighted by molar-refractivity contribution is 5.90. The molecule has 136 valence electrons. The largest absolute Gasteiger partial charge is 0.455 e. The van der Waals surface area contributed by atoms with E-state index in [4.69, 9.17) is 4.42 Å². The number of urea groups is 1. The third-order valence-electron chi connectivity index (χ3n) is 3.63. The lowest BCUT2D eigenvalue weighted by atomic mass is 10.1. The Morgan fingerprint density at radius 2 is 1.93 bits per heavy atom. The minimum Gasteiger partial charge on any atom is -0.455 e. The Balaban J connectivity index is 1.67. The molecule has 0 radical (unpaired) electrons. The standard InChI is InChI=1S/C19H16N4O4/c1-13-7-9-16(17(11-13)23(25)26)18-10-8-15(27-18)12-20-22-19(24)21-14-5-3-2-4-6-14/h2-12H,1H3,(H2,21,22,24)/b20-12-. The van der Waals surface area contributed by atoms with E-state index in [-0.39, 0.29) is 5.69 Å². The molecule has 0 aliphatic heterocycles. The van der Waals surface area contributed by atoms with Crippen molar-refractivity contribution >= 4 is 23.6 Å². The fraction of sp³-hybridized carbons (Fsp3) is 0.0526. The minimum atomic E-state index is -0.501. The molecule has 1 aromatic heterocycles. The van der Waals surface area contributed by atoms with Crippen molar-refractivity contribution in [3.8, 4) is 11.3 Å². The van der Waals surface area contributed by atoms with Crippen LogP contribution in [-0.4, -0.2) is 17.2 Å². The number of nitrogens with one attached hydrogen (secondary N) is 2. The molecule has 0 bridgehead atoms. The summed E-state index contributed by atoms with van der Waals surface area (Å²) >= 11 is 0. The van der Waals surface area contributed by atoms with Crippen LogP contribution in [-0.2, 0) is 0 Å². The van der Waals surface area contributed by atoms with Crippen LogP contribution in [0.5, 0.6) is 0 Å². The molecule has 0 atom stereocenters. The molecular formula is C19H16N4O4. The second-order valence-corrected chi connectivity index (χ2v) is 5.67. The molecule has 0 aliphatic rings. The summed E-state index contributed by atoms with van der Waals surface area (Å²) in [5.41, 5.74) is 4.08. The number of carbonyl (C=O) groups excluding carboxylic acids is 1. The van der Waals surface area contributed by atoms with Gasteiger partial charge in [0, 0.05) is 11.8 Å². The zero-order valence-corrected chi connectivity index (χ0v) is 14.4. The number of hydrazone groups is 1. The Morgan fingerprint density at radius 1 is 1.15 bits per heavy atom. The number of nitrogens with zero attached hydrogens (tertiary/aromatic N) is 2. The highest BCUT2D eigenvalue weighted by Crippen LogP contribution is 2.31. The van der Waals surface area contributed by atoms with Gasteiger partial charge in [-0.3, -0.25) is 10.1 Å². The van der Waals surface area contributed by atoms with Crippen molar-refractivity contribution in [3.05, 3.63) is 82.1 Å². The summed E-state index contributed by atoms with van der Waals surface area (Å²) in [6, 6.07) is 16.6. The summed E-state index contributed by atoms with van der Waals surface area (Å²) < 4.78 is 5.58. The normalized spacial score (nSPS) is 10.7. The molecule has 0 saturated heterocycles. The number of nitro groups is 1. The number of furan rings is 1. The molecule has 1 heterocycles. The fourth-order valence-electron chi connectivity index (χ4n) is 2.40. The van der Waals surface area contributed by atoms with Gasteiger partial charge < -0.3 is 9.73 Å². The maximum absolute atomic E-state index is 11.7. The zero-order valence-electron chi connectivity index (χ0n) is 14.4. The number of hydrogen-bond donors (Lipinski definition) is 2. The second-order valence-electron chi connectivity index (χ2n) is 5.67. The molecule has 2 aromatic carbocycles. The number of amides is 2. The van der Waals surface area contributed by atoms with Gasteiger partial charge in [-0.2, -0.15) is 5.10 Å². The van der Waals surface area contributed by atoms with Crippen LogP contribution in [0.3, 0.4) is 0 Å². The number of aryl methyl sites for hydroxylation is 1. The van der Waals surface area contributed by atoms with Crippen molar-refractivity contribution in [2.24, 2.45) is 5.10 Å². The topological polar surface area (TPSA) is 110 Å². The molecule has 0 spiro atoms. The lowest BCUT2D eigenvalue weighted by Gasteiger charge is -2.02. The Bertz CT molecular complexity index is 996. The average Bonchev–Trinajstić information content (AvgIpc) is 3.11. The maximum Gasteiger partial charge on any atom is 0.339 e. The number of nitro benzene ring substituents is 1. The first-order valence-electron chi connectivity index (χ1n) is 8.03. The van der Waals surface area contributed by atoms with Crippen molar-refractivity contribution in [2.45, 2.75) is 6.92 Å². The van der Waals surface area contributed by atoms with Gasteiger partial charge in [0.05, 0.1) is 16.7 Å². The molecule has 8 heteroatoms. The van der Waals surface area contributed by atoms with Crippen molar-refractivity contribution in [1.82, 2.24) is 5.43 Å². The summed E-state index contributed by atoms with van der Waals surface area (Å²) in [6.07, 6.45) is 1.31. The summed E-state index contributed by atoms with van der Waals surface area (Å²) in [5, 5.41) is 17.7. The van der Waals surface area contributed by atoms with Gasteiger partial charge in [0.25, 0.3) is 5.69 Å². The predicted molar refractivity (Wildman–Crippen MR) is 102 cm³/mol. The van der Waals surface area contributed by atoms with Gasteiger partial charge in [0.2, 0.25) is 0 Å². The van der Waals surface area contributed by atoms with Gasteiger partial charge in [-0.25, -0.2) is 10.2 Å². The number of anilines is 1. The number of benzene rings is 2. The van der Waals surface area contributed by atoms with E-state index in [1.54, 1.807) is 55.5 Å². The number of rotatable bonds is 5. The van der Waals surface area contributed by atoms with Gasteiger partial charge in [-0.15, -0.1) is 0 Å². The van der Waals surface area contributed by atoms with Crippen molar-refractivity contribution < 1.29 is 14.1 Å². The van der Waals surface area contributed by atoms with Crippen molar-refractivity contribution in [3.63, 3.8) is 0 Å². The van der Waals surface area contributed by atoms with E-state index < -0.39 is 11.0 Å².